The Morgan fingerprint density at radius 2 is 2.00 bits per heavy atom. The van der Waals surface area contributed by atoms with Gasteiger partial charge < -0.3 is 9.15 Å². The Balaban J connectivity index is 2.25. The molecule has 0 aliphatic carbocycles. The molecule has 0 amide bonds. The van der Waals surface area contributed by atoms with Gasteiger partial charge >= 0.3 is 0 Å². The summed E-state index contributed by atoms with van der Waals surface area (Å²) in [6.45, 7) is 0.320. The number of halogens is 1. The van der Waals surface area contributed by atoms with E-state index in [4.69, 9.17) is 20.8 Å². The van der Waals surface area contributed by atoms with Crippen LogP contribution in [0.5, 0.6) is 0 Å². The highest BCUT2D eigenvalue weighted by Crippen LogP contribution is 2.20. The summed E-state index contributed by atoms with van der Waals surface area (Å²) in [4.78, 5) is 0. The van der Waals surface area contributed by atoms with Crippen molar-refractivity contribution < 1.29 is 9.15 Å². The van der Waals surface area contributed by atoms with Gasteiger partial charge in [-0.2, -0.15) is 0 Å². The zero-order chi connectivity index (χ0) is 10.7. The molecule has 1 aromatic heterocycles. The third-order valence-electron chi connectivity index (χ3n) is 1.83. The number of rotatable bonds is 3. The maximum atomic E-state index is 5.77. The van der Waals surface area contributed by atoms with Crippen LogP contribution in [0, 0.1) is 0 Å². The minimum atomic E-state index is 0.320. The number of methoxy groups -OCH3 is 1. The highest BCUT2D eigenvalue weighted by atomic mass is 35.5. The van der Waals surface area contributed by atoms with Crippen molar-refractivity contribution in [2.24, 2.45) is 0 Å². The molecular formula is C10H9ClN2O2. The topological polar surface area (TPSA) is 48.2 Å². The van der Waals surface area contributed by atoms with Gasteiger partial charge in [-0.15, -0.1) is 10.2 Å². The highest BCUT2D eigenvalue weighted by Gasteiger charge is 2.07. The molecule has 0 saturated carbocycles. The molecule has 0 spiro atoms. The molecule has 0 aliphatic heterocycles. The standard InChI is InChI=1S/C10H9ClN2O2/c1-14-6-9-12-13-10(15-9)7-2-4-8(11)5-3-7/h2-5H,6H2,1H3. The summed E-state index contributed by atoms with van der Waals surface area (Å²) < 4.78 is 10.2. The Morgan fingerprint density at radius 1 is 1.27 bits per heavy atom. The fraction of sp³-hybridized carbons (Fsp3) is 0.200. The maximum Gasteiger partial charge on any atom is 0.247 e. The quantitative estimate of drug-likeness (QED) is 0.804. The van der Waals surface area contributed by atoms with Crippen LogP contribution in [0.1, 0.15) is 5.89 Å². The lowest BCUT2D eigenvalue weighted by molar-refractivity contribution is 0.160. The van der Waals surface area contributed by atoms with Gasteiger partial charge in [0, 0.05) is 17.7 Å². The highest BCUT2D eigenvalue weighted by molar-refractivity contribution is 6.30. The number of hydrogen-bond acceptors (Lipinski definition) is 4. The van der Waals surface area contributed by atoms with Gasteiger partial charge in [0.25, 0.3) is 0 Å². The maximum absolute atomic E-state index is 5.77. The van der Waals surface area contributed by atoms with Crippen molar-refractivity contribution >= 4 is 11.6 Å². The zero-order valence-electron chi connectivity index (χ0n) is 8.11. The van der Waals surface area contributed by atoms with Crippen molar-refractivity contribution in [3.05, 3.63) is 35.2 Å². The summed E-state index contributed by atoms with van der Waals surface area (Å²) in [7, 11) is 1.58. The summed E-state index contributed by atoms with van der Waals surface area (Å²) in [6.07, 6.45) is 0. The van der Waals surface area contributed by atoms with Crippen LogP contribution < -0.4 is 0 Å². The molecule has 2 rings (SSSR count). The van der Waals surface area contributed by atoms with Crippen LogP contribution >= 0.6 is 11.6 Å². The fourth-order valence-electron chi connectivity index (χ4n) is 1.14. The summed E-state index contributed by atoms with van der Waals surface area (Å²) in [5.41, 5.74) is 0.842. The minimum Gasteiger partial charge on any atom is -0.418 e. The Hall–Kier alpha value is -1.39. The van der Waals surface area contributed by atoms with Crippen LogP contribution in [0.4, 0.5) is 0 Å². The van der Waals surface area contributed by atoms with E-state index in [9.17, 15) is 0 Å². The van der Waals surface area contributed by atoms with E-state index in [2.05, 4.69) is 10.2 Å². The third kappa shape index (κ3) is 2.34. The molecule has 5 heteroatoms. The summed E-state index contributed by atoms with van der Waals surface area (Å²) in [5, 5.41) is 8.40. The molecule has 0 bridgehead atoms. The predicted octanol–water partition coefficient (Wildman–Crippen LogP) is 2.54. The molecule has 15 heavy (non-hydrogen) atoms. The molecular weight excluding hydrogens is 216 g/mol. The van der Waals surface area contributed by atoms with Crippen LogP contribution in [0.2, 0.25) is 5.02 Å². The van der Waals surface area contributed by atoms with Crippen molar-refractivity contribution in [2.45, 2.75) is 6.61 Å². The average molecular weight is 225 g/mol. The first-order valence-corrected chi connectivity index (χ1v) is 4.74. The largest absolute Gasteiger partial charge is 0.418 e. The van der Waals surface area contributed by atoms with Crippen LogP contribution in [0.3, 0.4) is 0 Å². The van der Waals surface area contributed by atoms with E-state index in [1.807, 2.05) is 12.1 Å². The van der Waals surface area contributed by atoms with Crippen molar-refractivity contribution in [3.8, 4) is 11.5 Å². The van der Waals surface area contributed by atoms with Crippen LogP contribution in [0.25, 0.3) is 11.5 Å². The van der Waals surface area contributed by atoms with Gasteiger partial charge in [-0.05, 0) is 24.3 Å². The van der Waals surface area contributed by atoms with E-state index in [-0.39, 0.29) is 0 Å². The number of hydrogen-bond donors (Lipinski definition) is 0. The number of nitrogens with zero attached hydrogens (tertiary/aromatic N) is 2. The second-order valence-corrected chi connectivity index (χ2v) is 3.38. The van der Waals surface area contributed by atoms with Crippen molar-refractivity contribution in [3.63, 3.8) is 0 Å². The van der Waals surface area contributed by atoms with E-state index >= 15 is 0 Å². The van der Waals surface area contributed by atoms with Gasteiger partial charge in [0.1, 0.15) is 6.61 Å². The van der Waals surface area contributed by atoms with Gasteiger partial charge in [0.2, 0.25) is 11.8 Å². The Labute approximate surface area is 91.8 Å². The smallest absolute Gasteiger partial charge is 0.247 e. The van der Waals surface area contributed by atoms with Crippen molar-refractivity contribution in [2.75, 3.05) is 7.11 Å². The molecule has 0 unspecified atom stereocenters. The Kier molecular flexibility index (Phi) is 2.99. The van der Waals surface area contributed by atoms with Crippen LogP contribution in [-0.2, 0) is 11.3 Å². The first-order valence-electron chi connectivity index (χ1n) is 4.37. The van der Waals surface area contributed by atoms with Gasteiger partial charge in [-0.25, -0.2) is 0 Å². The Morgan fingerprint density at radius 3 is 2.67 bits per heavy atom. The molecule has 0 aliphatic rings. The number of ether oxygens (including phenoxy) is 1. The van der Waals surface area contributed by atoms with Crippen LogP contribution in [0.15, 0.2) is 28.7 Å². The molecule has 4 nitrogen and oxygen atoms in total. The van der Waals surface area contributed by atoms with Gasteiger partial charge in [0.15, 0.2) is 0 Å². The first kappa shape index (κ1) is 10.1. The normalized spacial score (nSPS) is 10.5. The molecule has 0 radical (unpaired) electrons. The molecule has 0 atom stereocenters. The number of aromatic nitrogens is 2. The van der Waals surface area contributed by atoms with E-state index in [1.54, 1.807) is 19.2 Å². The molecule has 1 aromatic carbocycles. The van der Waals surface area contributed by atoms with Crippen molar-refractivity contribution in [1.29, 1.82) is 0 Å². The summed E-state index contributed by atoms with van der Waals surface area (Å²) in [5.74, 6) is 0.932. The van der Waals surface area contributed by atoms with Gasteiger partial charge in [-0.3, -0.25) is 0 Å². The molecule has 0 N–H and O–H groups in total. The molecule has 0 fully saturated rings. The van der Waals surface area contributed by atoms with E-state index in [0.717, 1.165) is 5.56 Å². The predicted molar refractivity (Wildman–Crippen MR) is 55.5 cm³/mol. The first-order chi connectivity index (χ1) is 7.29. The van der Waals surface area contributed by atoms with Gasteiger partial charge in [-0.1, -0.05) is 11.6 Å². The Bertz CT molecular complexity index is 439. The zero-order valence-corrected chi connectivity index (χ0v) is 8.86. The monoisotopic (exact) mass is 224 g/mol. The summed E-state index contributed by atoms with van der Waals surface area (Å²) in [6, 6.07) is 7.20. The fourth-order valence-corrected chi connectivity index (χ4v) is 1.27. The lowest BCUT2D eigenvalue weighted by Crippen LogP contribution is -1.85. The molecule has 2 aromatic rings. The number of benzene rings is 1. The van der Waals surface area contributed by atoms with E-state index in [1.165, 1.54) is 0 Å². The second-order valence-electron chi connectivity index (χ2n) is 2.94. The minimum absolute atomic E-state index is 0.320. The average Bonchev–Trinajstić information content (AvgIpc) is 2.68. The molecule has 1 heterocycles. The van der Waals surface area contributed by atoms with Crippen molar-refractivity contribution in [1.82, 2.24) is 10.2 Å². The molecule has 78 valence electrons. The lowest BCUT2D eigenvalue weighted by atomic mass is 10.2. The van der Waals surface area contributed by atoms with E-state index < -0.39 is 0 Å². The lowest BCUT2D eigenvalue weighted by Gasteiger charge is -1.94. The van der Waals surface area contributed by atoms with E-state index in [0.29, 0.717) is 23.4 Å². The SMILES string of the molecule is COCc1nnc(-c2ccc(Cl)cc2)o1. The third-order valence-corrected chi connectivity index (χ3v) is 2.08. The summed E-state index contributed by atoms with van der Waals surface area (Å²) >= 11 is 5.77. The molecule has 0 saturated heterocycles. The van der Waals surface area contributed by atoms with Gasteiger partial charge in [0.05, 0.1) is 0 Å². The van der Waals surface area contributed by atoms with Crippen LogP contribution in [-0.4, -0.2) is 17.3 Å². The second kappa shape index (κ2) is 4.42.